The fourth-order valence-corrected chi connectivity index (χ4v) is 3.53. The molecule has 0 fully saturated rings. The summed E-state index contributed by atoms with van der Waals surface area (Å²) in [7, 11) is 2.00. The normalized spacial score (nSPS) is 11.6. The van der Waals surface area contributed by atoms with Crippen LogP contribution in [0, 0.1) is 0 Å². The molecule has 0 aliphatic rings. The van der Waals surface area contributed by atoms with E-state index in [4.69, 9.17) is 16.6 Å². The molecule has 0 atom stereocenters. The van der Waals surface area contributed by atoms with Gasteiger partial charge >= 0.3 is 0 Å². The highest BCUT2D eigenvalue weighted by molar-refractivity contribution is 7.07. The largest absolute Gasteiger partial charge is 0.308 e. The Balaban J connectivity index is 2.12. The quantitative estimate of drug-likeness (QED) is 0.650. The predicted molar refractivity (Wildman–Crippen MR) is 88.3 cm³/mol. The molecule has 21 heavy (non-hydrogen) atoms. The number of alkyl halides is 1. The monoisotopic (exact) mass is 322 g/mol. The number of hydrogen-bond acceptors (Lipinski definition) is 3. The van der Waals surface area contributed by atoms with Crippen LogP contribution >= 0.6 is 22.9 Å². The Morgan fingerprint density at radius 2 is 2.19 bits per heavy atom. The van der Waals surface area contributed by atoms with Crippen LogP contribution < -0.4 is 0 Å². The number of halogens is 1. The summed E-state index contributed by atoms with van der Waals surface area (Å²) in [6.45, 7) is 3.00. The molecule has 3 aromatic heterocycles. The molecule has 0 saturated heterocycles. The van der Waals surface area contributed by atoms with Gasteiger partial charge in [-0.15, -0.1) is 11.6 Å². The minimum atomic E-state index is 0.587. The molecular weight excluding hydrogens is 304 g/mol. The van der Waals surface area contributed by atoms with Gasteiger partial charge in [-0.05, 0) is 28.8 Å². The maximum atomic E-state index is 5.95. The number of hydrogen-bond donors (Lipinski definition) is 0. The summed E-state index contributed by atoms with van der Waals surface area (Å²) >= 11 is 7.67. The lowest BCUT2D eigenvalue weighted by Crippen LogP contribution is -2.08. The van der Waals surface area contributed by atoms with E-state index in [1.54, 1.807) is 11.3 Å². The van der Waals surface area contributed by atoms with E-state index >= 15 is 0 Å². The standard InChI is InChI=1S/C15H19ClN4S/c1-3-4-12-14-15(19(2)18-12)20(13(17-14)5-7-16)9-11-6-8-21-10-11/h6,8,10H,3-5,7,9H2,1-2H3. The Bertz CT molecular complexity index is 727. The molecule has 0 saturated carbocycles. The SMILES string of the molecule is CCCc1nn(C)c2c1nc(CCCl)n2Cc1ccsc1. The lowest BCUT2D eigenvalue weighted by Gasteiger charge is -2.07. The number of thiophene rings is 1. The predicted octanol–water partition coefficient (Wildman–Crippen LogP) is 3.61. The van der Waals surface area contributed by atoms with Gasteiger partial charge in [0.25, 0.3) is 0 Å². The number of imidazole rings is 1. The van der Waals surface area contributed by atoms with Gasteiger partial charge in [-0.2, -0.15) is 16.4 Å². The van der Waals surface area contributed by atoms with Crippen molar-refractivity contribution in [2.45, 2.75) is 32.7 Å². The van der Waals surface area contributed by atoms with Crippen LogP contribution in [0.15, 0.2) is 16.8 Å². The summed E-state index contributed by atoms with van der Waals surface area (Å²) in [4.78, 5) is 4.82. The van der Waals surface area contributed by atoms with E-state index < -0.39 is 0 Å². The van der Waals surface area contributed by atoms with E-state index in [9.17, 15) is 0 Å². The van der Waals surface area contributed by atoms with Crippen molar-refractivity contribution >= 4 is 34.1 Å². The summed E-state index contributed by atoms with van der Waals surface area (Å²) in [5, 5.41) is 8.92. The average molecular weight is 323 g/mol. The van der Waals surface area contributed by atoms with Gasteiger partial charge in [0, 0.05) is 19.3 Å². The minimum absolute atomic E-state index is 0.587. The first-order valence-corrected chi connectivity index (χ1v) is 8.70. The first-order valence-electron chi connectivity index (χ1n) is 7.22. The number of fused-ring (bicyclic) bond motifs is 1. The third kappa shape index (κ3) is 2.72. The molecular formula is C15H19ClN4S. The summed E-state index contributed by atoms with van der Waals surface area (Å²) in [5.41, 5.74) is 4.53. The number of nitrogens with zero attached hydrogens (tertiary/aromatic N) is 4. The lowest BCUT2D eigenvalue weighted by atomic mass is 10.2. The van der Waals surface area contributed by atoms with Crippen LogP contribution in [0.3, 0.4) is 0 Å². The van der Waals surface area contributed by atoms with Crippen molar-refractivity contribution in [1.29, 1.82) is 0 Å². The summed E-state index contributed by atoms with van der Waals surface area (Å²) in [5.74, 6) is 1.64. The van der Waals surface area contributed by atoms with E-state index in [0.717, 1.165) is 48.5 Å². The maximum absolute atomic E-state index is 5.95. The van der Waals surface area contributed by atoms with Crippen LogP contribution in [0.1, 0.15) is 30.4 Å². The molecule has 0 spiro atoms. The Morgan fingerprint density at radius 3 is 2.86 bits per heavy atom. The van der Waals surface area contributed by atoms with Gasteiger partial charge in [0.05, 0.1) is 12.2 Å². The summed E-state index contributed by atoms with van der Waals surface area (Å²) < 4.78 is 4.21. The molecule has 0 radical (unpaired) electrons. The van der Waals surface area contributed by atoms with E-state index in [1.165, 1.54) is 5.56 Å². The van der Waals surface area contributed by atoms with Crippen LogP contribution in [-0.4, -0.2) is 25.2 Å². The van der Waals surface area contributed by atoms with Crippen molar-refractivity contribution in [3.05, 3.63) is 33.9 Å². The highest BCUT2D eigenvalue weighted by Gasteiger charge is 2.18. The first kappa shape index (κ1) is 14.6. The smallest absolute Gasteiger partial charge is 0.158 e. The first-order chi connectivity index (χ1) is 10.2. The lowest BCUT2D eigenvalue weighted by molar-refractivity contribution is 0.685. The Kier molecular flexibility index (Phi) is 4.31. The molecule has 112 valence electrons. The molecule has 0 N–H and O–H groups in total. The zero-order valence-corrected chi connectivity index (χ0v) is 13.9. The molecule has 6 heteroatoms. The molecule has 0 aliphatic carbocycles. The second kappa shape index (κ2) is 6.20. The molecule has 0 aliphatic heterocycles. The molecule has 0 unspecified atom stereocenters. The summed E-state index contributed by atoms with van der Waals surface area (Å²) in [6, 6.07) is 2.16. The Labute approximate surface area is 133 Å². The molecule has 0 bridgehead atoms. The van der Waals surface area contributed by atoms with Crippen molar-refractivity contribution in [2.75, 3.05) is 5.88 Å². The molecule has 0 aromatic carbocycles. The average Bonchev–Trinajstić information content (AvgIpc) is 3.13. The summed E-state index contributed by atoms with van der Waals surface area (Å²) in [6.07, 6.45) is 2.83. The number of aromatic nitrogens is 4. The van der Waals surface area contributed by atoms with Gasteiger partial charge in [-0.25, -0.2) is 4.98 Å². The zero-order chi connectivity index (χ0) is 14.8. The molecule has 3 heterocycles. The van der Waals surface area contributed by atoms with Crippen molar-refractivity contribution in [3.63, 3.8) is 0 Å². The molecule has 3 rings (SSSR count). The van der Waals surface area contributed by atoms with E-state index in [-0.39, 0.29) is 0 Å². The van der Waals surface area contributed by atoms with E-state index in [0.29, 0.717) is 5.88 Å². The second-order valence-electron chi connectivity index (χ2n) is 5.18. The zero-order valence-electron chi connectivity index (χ0n) is 12.3. The fraction of sp³-hybridized carbons (Fsp3) is 0.467. The van der Waals surface area contributed by atoms with Crippen molar-refractivity contribution in [2.24, 2.45) is 7.05 Å². The van der Waals surface area contributed by atoms with Crippen LogP contribution in [0.2, 0.25) is 0 Å². The van der Waals surface area contributed by atoms with Gasteiger partial charge in [0.1, 0.15) is 11.3 Å². The number of aryl methyl sites for hydroxylation is 3. The molecule has 0 amide bonds. The fourth-order valence-electron chi connectivity index (χ4n) is 2.70. The van der Waals surface area contributed by atoms with Gasteiger partial charge in [-0.3, -0.25) is 4.68 Å². The molecule has 4 nitrogen and oxygen atoms in total. The third-order valence-corrected chi connectivity index (χ3v) is 4.52. The van der Waals surface area contributed by atoms with Gasteiger partial charge in [0.2, 0.25) is 0 Å². The maximum Gasteiger partial charge on any atom is 0.158 e. The van der Waals surface area contributed by atoms with Crippen LogP contribution in [0.4, 0.5) is 0 Å². The van der Waals surface area contributed by atoms with Gasteiger partial charge in [-0.1, -0.05) is 13.3 Å². The highest BCUT2D eigenvalue weighted by Crippen LogP contribution is 2.23. The van der Waals surface area contributed by atoms with E-state index in [2.05, 4.69) is 33.4 Å². The van der Waals surface area contributed by atoms with Crippen LogP contribution in [0.25, 0.3) is 11.2 Å². The number of rotatable bonds is 6. The van der Waals surface area contributed by atoms with Gasteiger partial charge in [0.15, 0.2) is 5.65 Å². The van der Waals surface area contributed by atoms with Crippen LogP contribution in [0.5, 0.6) is 0 Å². The molecule has 3 aromatic rings. The second-order valence-corrected chi connectivity index (χ2v) is 6.34. The Morgan fingerprint density at radius 1 is 1.33 bits per heavy atom. The van der Waals surface area contributed by atoms with Crippen molar-refractivity contribution < 1.29 is 0 Å². The highest BCUT2D eigenvalue weighted by atomic mass is 35.5. The Hall–Kier alpha value is -1.33. The van der Waals surface area contributed by atoms with Crippen molar-refractivity contribution in [3.8, 4) is 0 Å². The van der Waals surface area contributed by atoms with Gasteiger partial charge < -0.3 is 4.57 Å². The third-order valence-electron chi connectivity index (χ3n) is 3.60. The van der Waals surface area contributed by atoms with Crippen molar-refractivity contribution in [1.82, 2.24) is 19.3 Å². The topological polar surface area (TPSA) is 35.6 Å². The van der Waals surface area contributed by atoms with E-state index in [1.807, 2.05) is 11.7 Å². The minimum Gasteiger partial charge on any atom is -0.308 e. The van der Waals surface area contributed by atoms with Crippen LogP contribution in [-0.2, 0) is 26.4 Å².